The smallest absolute Gasteiger partial charge is 0.454 e. The number of esters is 1. The van der Waals surface area contributed by atoms with Gasteiger partial charge in [0, 0.05) is 4.91 Å². The highest BCUT2D eigenvalue weighted by Crippen LogP contribution is 2.34. The average Bonchev–Trinajstić information content (AvgIpc) is 3.02. The van der Waals surface area contributed by atoms with Gasteiger partial charge in [-0.2, -0.15) is 0 Å². The summed E-state index contributed by atoms with van der Waals surface area (Å²) in [5.41, 5.74) is 7.89. The van der Waals surface area contributed by atoms with Crippen LogP contribution < -0.4 is 0 Å². The Balaban J connectivity index is 2.34. The van der Waals surface area contributed by atoms with Crippen LogP contribution in [0.5, 0.6) is 0 Å². The molecule has 0 saturated carbocycles. The van der Waals surface area contributed by atoms with Crippen molar-refractivity contribution in [2.45, 2.75) is 141 Å². The molecule has 1 heterocycles. The van der Waals surface area contributed by atoms with Crippen molar-refractivity contribution >= 4 is 18.3 Å². The number of azide groups is 1. The Labute approximate surface area is 293 Å². The molecule has 50 heavy (non-hydrogen) atoms. The summed E-state index contributed by atoms with van der Waals surface area (Å²) in [4.78, 5) is 40.9. The molecule has 15 heteroatoms. The topological polar surface area (TPSA) is 205 Å². The summed E-state index contributed by atoms with van der Waals surface area (Å²) in [7, 11) is 0. The number of hydrogen-bond acceptors (Lipinski definition) is 13. The van der Waals surface area contributed by atoms with E-state index >= 15 is 0 Å². The molecule has 1 aromatic carbocycles. The number of aliphatic hydroxyl groups is 2. The molecular weight excluding hydrogens is 654 g/mol. The van der Waals surface area contributed by atoms with Crippen molar-refractivity contribution in [2.75, 3.05) is 13.2 Å². The standard InChI is InChI=1S/C35H53N3O12/c1-9-10-11-12-13-17-20-25(46-30(41)23-18-15-14-16-19-23)24(37-38-36)21-45-35(8)29(40)27(39)28(47-32(43)50-34(5,6)7)26(48-35)22-44-31(42)49-33(2,3)4/h14-20,24-29,39-40H,9-13,21-22H2,1-8H3/t24-,25+,26+,27-,28-,29+,35+/m0/s1. The molecule has 0 bridgehead atoms. The minimum absolute atomic E-state index is 0.277. The first-order valence-corrected chi connectivity index (χ1v) is 16.8. The Morgan fingerprint density at radius 3 is 2.26 bits per heavy atom. The van der Waals surface area contributed by atoms with Crippen molar-refractivity contribution < 1.29 is 57.8 Å². The molecule has 1 saturated heterocycles. The summed E-state index contributed by atoms with van der Waals surface area (Å²) < 4.78 is 38.7. The number of rotatable bonds is 16. The molecule has 1 aromatic rings. The lowest BCUT2D eigenvalue weighted by Gasteiger charge is -2.47. The van der Waals surface area contributed by atoms with Gasteiger partial charge in [-0.15, -0.1) is 0 Å². The van der Waals surface area contributed by atoms with Crippen molar-refractivity contribution in [3.63, 3.8) is 0 Å². The van der Waals surface area contributed by atoms with Crippen LogP contribution in [0.1, 0.15) is 97.9 Å². The maximum Gasteiger partial charge on any atom is 0.509 e. The second-order valence-electron chi connectivity index (χ2n) is 14.0. The number of hydrogen-bond donors (Lipinski definition) is 2. The van der Waals surface area contributed by atoms with Crippen LogP contribution in [0, 0.1) is 0 Å². The van der Waals surface area contributed by atoms with Crippen LogP contribution in [0.15, 0.2) is 47.6 Å². The van der Waals surface area contributed by atoms with Gasteiger partial charge in [-0.1, -0.05) is 55.6 Å². The predicted octanol–water partition coefficient (Wildman–Crippen LogP) is 6.54. The van der Waals surface area contributed by atoms with Gasteiger partial charge in [0.25, 0.3) is 0 Å². The third-order valence-electron chi connectivity index (χ3n) is 7.25. The van der Waals surface area contributed by atoms with Gasteiger partial charge in [0.2, 0.25) is 0 Å². The zero-order chi connectivity index (χ0) is 37.5. The molecular formula is C35H53N3O12. The van der Waals surface area contributed by atoms with Gasteiger partial charge in [0.15, 0.2) is 11.9 Å². The maximum atomic E-state index is 13.0. The van der Waals surface area contributed by atoms with Gasteiger partial charge in [0.05, 0.1) is 12.2 Å². The monoisotopic (exact) mass is 707 g/mol. The minimum atomic E-state index is -2.05. The Morgan fingerprint density at radius 1 is 1.02 bits per heavy atom. The fourth-order valence-electron chi connectivity index (χ4n) is 4.80. The van der Waals surface area contributed by atoms with Crippen LogP contribution in [-0.4, -0.2) is 95.3 Å². The zero-order valence-corrected chi connectivity index (χ0v) is 30.3. The molecule has 1 aliphatic heterocycles. The lowest BCUT2D eigenvalue weighted by Crippen LogP contribution is -2.66. The molecule has 0 aliphatic carbocycles. The third kappa shape index (κ3) is 14.5. The zero-order valence-electron chi connectivity index (χ0n) is 30.3. The lowest BCUT2D eigenvalue weighted by molar-refractivity contribution is -0.358. The molecule has 1 fully saturated rings. The fourth-order valence-corrected chi connectivity index (χ4v) is 4.80. The summed E-state index contributed by atoms with van der Waals surface area (Å²) in [5, 5.41) is 26.2. The van der Waals surface area contributed by atoms with E-state index in [-0.39, 0.29) is 5.56 Å². The summed E-state index contributed by atoms with van der Waals surface area (Å²) in [6, 6.07) is 7.12. The predicted molar refractivity (Wildman–Crippen MR) is 181 cm³/mol. The van der Waals surface area contributed by atoms with Crippen LogP contribution in [0.3, 0.4) is 0 Å². The number of allylic oxidation sites excluding steroid dienone is 1. The first-order chi connectivity index (χ1) is 23.4. The first-order valence-electron chi connectivity index (χ1n) is 16.8. The quantitative estimate of drug-likeness (QED) is 0.0357. The number of aliphatic hydroxyl groups excluding tert-OH is 2. The number of benzene rings is 1. The highest BCUT2D eigenvalue weighted by molar-refractivity contribution is 5.89. The average molecular weight is 708 g/mol. The van der Waals surface area contributed by atoms with E-state index in [9.17, 15) is 30.1 Å². The van der Waals surface area contributed by atoms with Gasteiger partial charge >= 0.3 is 18.3 Å². The normalized spacial score (nSPS) is 23.6. The van der Waals surface area contributed by atoms with Crippen molar-refractivity contribution in [1.29, 1.82) is 0 Å². The number of ether oxygens (including phenoxy) is 7. The molecule has 0 radical (unpaired) electrons. The Morgan fingerprint density at radius 2 is 1.66 bits per heavy atom. The van der Waals surface area contributed by atoms with Gasteiger partial charge in [-0.05, 0) is 85.0 Å². The van der Waals surface area contributed by atoms with E-state index in [1.807, 2.05) is 6.08 Å². The number of unbranched alkanes of at least 4 members (excludes halogenated alkanes) is 4. The number of carbonyl (C=O) groups is 3. The van der Waals surface area contributed by atoms with E-state index in [0.717, 1.165) is 25.7 Å². The van der Waals surface area contributed by atoms with Gasteiger partial charge in [0.1, 0.15) is 48.3 Å². The van der Waals surface area contributed by atoms with E-state index in [1.54, 1.807) is 78.0 Å². The second-order valence-corrected chi connectivity index (χ2v) is 14.0. The molecule has 280 valence electrons. The van der Waals surface area contributed by atoms with Crippen molar-refractivity contribution in [3.05, 3.63) is 58.5 Å². The SMILES string of the molecule is CCCCCCC=C[C@@H](OC(=O)c1ccccc1)[C@H](CO[C@]1(C)O[C@H](COC(=O)OC(C)(C)C)[C@H](OC(=O)OC(C)(C)C)[C@H](O)[C@H]1O)N=[N+]=[N-]. The van der Waals surface area contributed by atoms with Crippen LogP contribution >= 0.6 is 0 Å². The molecule has 15 nitrogen and oxygen atoms in total. The maximum absolute atomic E-state index is 13.0. The summed E-state index contributed by atoms with van der Waals surface area (Å²) in [5.74, 6) is -2.71. The summed E-state index contributed by atoms with van der Waals surface area (Å²) in [6.45, 7) is 12.1. The summed E-state index contributed by atoms with van der Waals surface area (Å²) >= 11 is 0. The molecule has 0 amide bonds. The van der Waals surface area contributed by atoms with E-state index in [0.29, 0.717) is 6.42 Å². The van der Waals surface area contributed by atoms with Crippen LogP contribution in [0.4, 0.5) is 9.59 Å². The molecule has 1 aliphatic rings. The highest BCUT2D eigenvalue weighted by Gasteiger charge is 2.55. The minimum Gasteiger partial charge on any atom is -0.454 e. The molecule has 0 spiro atoms. The van der Waals surface area contributed by atoms with E-state index in [4.69, 9.17) is 33.2 Å². The fraction of sp³-hybridized carbons (Fsp3) is 0.686. The highest BCUT2D eigenvalue weighted by atomic mass is 16.8. The Bertz CT molecular complexity index is 1310. The number of nitrogens with zero attached hydrogens (tertiary/aromatic N) is 3. The molecule has 7 atom stereocenters. The summed E-state index contributed by atoms with van der Waals surface area (Å²) in [6.07, 6.45) is -1.77. The molecule has 2 rings (SSSR count). The van der Waals surface area contributed by atoms with Crippen molar-refractivity contribution in [2.24, 2.45) is 5.11 Å². The van der Waals surface area contributed by atoms with Crippen LogP contribution in [0.2, 0.25) is 0 Å². The number of carbonyl (C=O) groups excluding carboxylic acids is 3. The van der Waals surface area contributed by atoms with Crippen molar-refractivity contribution in [3.8, 4) is 0 Å². The van der Waals surface area contributed by atoms with E-state index < -0.39 is 85.0 Å². The van der Waals surface area contributed by atoms with Gasteiger partial charge < -0.3 is 43.4 Å². The molecule has 2 N–H and O–H groups in total. The van der Waals surface area contributed by atoms with Crippen LogP contribution in [-0.2, 0) is 33.2 Å². The van der Waals surface area contributed by atoms with Crippen molar-refractivity contribution in [1.82, 2.24) is 0 Å². The molecule has 0 unspecified atom stereocenters. The molecule has 0 aromatic heterocycles. The largest absolute Gasteiger partial charge is 0.509 e. The van der Waals surface area contributed by atoms with Crippen LogP contribution in [0.25, 0.3) is 10.4 Å². The van der Waals surface area contributed by atoms with E-state index in [1.165, 1.54) is 6.92 Å². The van der Waals surface area contributed by atoms with Gasteiger partial charge in [-0.25, -0.2) is 14.4 Å². The second kappa shape index (κ2) is 19.5. The third-order valence-corrected chi connectivity index (χ3v) is 7.25. The van der Waals surface area contributed by atoms with Gasteiger partial charge in [-0.3, -0.25) is 0 Å². The Hall–Kier alpha value is -3.88. The van der Waals surface area contributed by atoms with E-state index in [2.05, 4.69) is 16.9 Å². The Kier molecular flexibility index (Phi) is 16.5. The lowest BCUT2D eigenvalue weighted by atomic mass is 9.93. The first kappa shape index (κ1) is 42.3.